The molecule has 190 valence electrons. The maximum Gasteiger partial charge on any atom is 0.251 e. The number of carbonyl (C=O) groups excluding carboxylic acids is 3. The van der Waals surface area contributed by atoms with Crippen molar-refractivity contribution >= 4 is 17.7 Å². The van der Waals surface area contributed by atoms with E-state index >= 15 is 0 Å². The molecular weight excluding hydrogens is 462 g/mol. The quantitative estimate of drug-likeness (QED) is 0.680. The lowest BCUT2D eigenvalue weighted by Crippen LogP contribution is -2.48. The van der Waals surface area contributed by atoms with E-state index < -0.39 is 0 Å². The molecule has 36 heavy (non-hydrogen) atoms. The molecule has 3 aliphatic rings. The summed E-state index contributed by atoms with van der Waals surface area (Å²) in [5.74, 6) is 1.68. The number of hydrogen-bond donors (Lipinski definition) is 2. The summed E-state index contributed by atoms with van der Waals surface area (Å²) in [4.78, 5) is 40.8. The topological polar surface area (TPSA) is 106 Å². The van der Waals surface area contributed by atoms with E-state index in [4.69, 9.17) is 14.2 Å². The fourth-order valence-corrected chi connectivity index (χ4v) is 5.09. The molecule has 2 aromatic carbocycles. The van der Waals surface area contributed by atoms with Crippen molar-refractivity contribution in [1.82, 2.24) is 15.5 Å². The van der Waals surface area contributed by atoms with Gasteiger partial charge in [-0.2, -0.15) is 0 Å². The van der Waals surface area contributed by atoms with Gasteiger partial charge in [-0.15, -0.1) is 0 Å². The molecule has 0 saturated carbocycles. The summed E-state index contributed by atoms with van der Waals surface area (Å²) in [7, 11) is 0. The summed E-state index contributed by atoms with van der Waals surface area (Å²) < 4.78 is 16.6. The van der Waals surface area contributed by atoms with Crippen LogP contribution < -0.4 is 24.8 Å². The second-order valence-electron chi connectivity index (χ2n) is 9.47. The Kier molecular flexibility index (Phi) is 6.97. The van der Waals surface area contributed by atoms with Crippen LogP contribution in [0.3, 0.4) is 0 Å². The van der Waals surface area contributed by atoms with Gasteiger partial charge in [0.1, 0.15) is 12.4 Å². The van der Waals surface area contributed by atoms with Gasteiger partial charge in [0.15, 0.2) is 11.5 Å². The Labute approximate surface area is 210 Å². The maximum absolute atomic E-state index is 13.4. The average Bonchev–Trinajstić information content (AvgIpc) is 3.50. The molecule has 0 spiro atoms. The molecule has 2 aromatic rings. The van der Waals surface area contributed by atoms with Crippen molar-refractivity contribution in [3.8, 4) is 17.2 Å². The van der Waals surface area contributed by atoms with E-state index in [-0.39, 0.29) is 43.0 Å². The van der Waals surface area contributed by atoms with Crippen molar-refractivity contribution in [2.24, 2.45) is 0 Å². The molecule has 3 aliphatic heterocycles. The van der Waals surface area contributed by atoms with Crippen LogP contribution in [0.25, 0.3) is 0 Å². The normalized spacial score (nSPS) is 21.6. The van der Waals surface area contributed by atoms with Crippen LogP contribution >= 0.6 is 0 Å². The van der Waals surface area contributed by atoms with Gasteiger partial charge in [0, 0.05) is 37.0 Å². The minimum atomic E-state index is -0.208. The van der Waals surface area contributed by atoms with E-state index in [0.29, 0.717) is 55.4 Å². The number of rotatable bonds is 3. The summed E-state index contributed by atoms with van der Waals surface area (Å²) in [5, 5.41) is 5.89. The van der Waals surface area contributed by atoms with E-state index in [9.17, 15) is 14.4 Å². The number of nitrogens with zero attached hydrogens (tertiary/aromatic N) is 1. The predicted molar refractivity (Wildman–Crippen MR) is 131 cm³/mol. The number of hydrogen-bond acceptors (Lipinski definition) is 6. The van der Waals surface area contributed by atoms with Gasteiger partial charge in [-0.05, 0) is 61.6 Å². The molecule has 0 unspecified atom stereocenters. The molecule has 3 heterocycles. The van der Waals surface area contributed by atoms with Gasteiger partial charge in [0.05, 0.1) is 6.54 Å². The summed E-state index contributed by atoms with van der Waals surface area (Å²) in [5.41, 5.74) is 2.41. The van der Waals surface area contributed by atoms with E-state index in [1.54, 1.807) is 12.1 Å². The van der Waals surface area contributed by atoms with Crippen LogP contribution in [-0.4, -0.2) is 61.2 Å². The Bertz CT molecular complexity index is 1170. The third-order valence-electron chi connectivity index (χ3n) is 7.02. The van der Waals surface area contributed by atoms with E-state index in [1.165, 1.54) is 0 Å². The van der Waals surface area contributed by atoms with Gasteiger partial charge < -0.3 is 29.7 Å². The molecular formula is C27H31N3O6. The Balaban J connectivity index is 1.31. The van der Waals surface area contributed by atoms with Gasteiger partial charge >= 0.3 is 0 Å². The lowest BCUT2D eigenvalue weighted by atomic mass is 10.1. The number of nitrogens with one attached hydrogen (secondary N) is 2. The third-order valence-corrected chi connectivity index (χ3v) is 7.02. The maximum atomic E-state index is 13.4. The SMILES string of the molecule is Cc1ccc2cc1OCCNC(=O)C[C@@H]1CC[C@H](CNC2=O)N1C(=O)CCc1ccc2c(c1)OCO2. The van der Waals surface area contributed by atoms with Crippen molar-refractivity contribution < 1.29 is 28.6 Å². The van der Waals surface area contributed by atoms with Gasteiger partial charge in [0.2, 0.25) is 18.6 Å². The molecule has 2 atom stereocenters. The Morgan fingerprint density at radius 1 is 0.972 bits per heavy atom. The van der Waals surface area contributed by atoms with Crippen molar-refractivity contribution in [2.75, 3.05) is 26.5 Å². The largest absolute Gasteiger partial charge is 0.491 e. The first-order valence-electron chi connectivity index (χ1n) is 12.5. The van der Waals surface area contributed by atoms with Crippen LogP contribution in [0.15, 0.2) is 36.4 Å². The average molecular weight is 494 g/mol. The molecule has 0 aliphatic carbocycles. The Morgan fingerprint density at radius 2 is 1.81 bits per heavy atom. The highest BCUT2D eigenvalue weighted by atomic mass is 16.7. The first-order chi connectivity index (χ1) is 17.5. The molecule has 0 radical (unpaired) electrons. The first-order valence-corrected chi connectivity index (χ1v) is 12.5. The molecule has 9 heteroatoms. The Hall–Kier alpha value is -3.75. The fourth-order valence-electron chi connectivity index (χ4n) is 5.09. The minimum Gasteiger partial charge on any atom is -0.491 e. The zero-order valence-electron chi connectivity index (χ0n) is 20.4. The molecule has 0 aromatic heterocycles. The standard InChI is InChI=1S/C27H31N3O6/c1-17-2-5-19-13-23(17)34-11-10-28-25(31)14-20-6-7-21(15-29-27(19)33)30(20)26(32)9-4-18-3-8-22-24(12-18)36-16-35-22/h2-3,5,8,12-13,20-21H,4,6-7,9-11,14-16H2,1H3,(H,28,31)(H,29,33)/t20-,21+/m0/s1. The smallest absolute Gasteiger partial charge is 0.251 e. The van der Waals surface area contributed by atoms with E-state index in [2.05, 4.69) is 10.6 Å². The van der Waals surface area contributed by atoms with E-state index in [0.717, 1.165) is 24.0 Å². The van der Waals surface area contributed by atoms with Crippen LogP contribution in [0.5, 0.6) is 17.2 Å². The number of ether oxygens (including phenoxy) is 3. The summed E-state index contributed by atoms with van der Waals surface area (Å²) in [6.07, 6.45) is 2.53. The number of aryl methyl sites for hydroxylation is 2. The van der Waals surface area contributed by atoms with Gasteiger partial charge in [-0.3, -0.25) is 14.4 Å². The summed E-state index contributed by atoms with van der Waals surface area (Å²) in [6, 6.07) is 10.7. The lowest BCUT2D eigenvalue weighted by molar-refractivity contribution is -0.135. The van der Waals surface area contributed by atoms with Crippen molar-refractivity contribution in [1.29, 1.82) is 0 Å². The van der Waals surface area contributed by atoms with Gasteiger partial charge in [-0.25, -0.2) is 0 Å². The summed E-state index contributed by atoms with van der Waals surface area (Å²) >= 11 is 0. The van der Waals surface area contributed by atoms with Gasteiger partial charge in [-0.1, -0.05) is 12.1 Å². The van der Waals surface area contributed by atoms with Crippen LogP contribution in [0.2, 0.25) is 0 Å². The van der Waals surface area contributed by atoms with Crippen LogP contribution in [0, 0.1) is 6.92 Å². The van der Waals surface area contributed by atoms with Crippen LogP contribution in [-0.2, 0) is 16.0 Å². The molecule has 1 saturated heterocycles. The van der Waals surface area contributed by atoms with E-state index in [1.807, 2.05) is 36.1 Å². The second kappa shape index (κ2) is 10.5. The van der Waals surface area contributed by atoms with Crippen molar-refractivity contribution in [3.63, 3.8) is 0 Å². The Morgan fingerprint density at radius 3 is 2.69 bits per heavy atom. The zero-order chi connectivity index (χ0) is 25.1. The van der Waals surface area contributed by atoms with Crippen molar-refractivity contribution in [2.45, 2.75) is 51.1 Å². The fraction of sp³-hybridized carbons (Fsp3) is 0.444. The third kappa shape index (κ3) is 5.24. The van der Waals surface area contributed by atoms with Crippen LogP contribution in [0.4, 0.5) is 0 Å². The van der Waals surface area contributed by atoms with Crippen LogP contribution in [0.1, 0.15) is 47.2 Å². The lowest BCUT2D eigenvalue weighted by Gasteiger charge is -2.30. The number of amides is 3. The summed E-state index contributed by atoms with van der Waals surface area (Å²) in [6.45, 7) is 3.09. The highest BCUT2D eigenvalue weighted by molar-refractivity contribution is 5.94. The molecule has 2 N–H and O–H groups in total. The molecule has 1 fully saturated rings. The second-order valence-corrected chi connectivity index (χ2v) is 9.47. The number of fused-ring (bicyclic) bond motifs is 5. The minimum absolute atomic E-state index is 0.0208. The highest BCUT2D eigenvalue weighted by Gasteiger charge is 2.37. The predicted octanol–water partition coefficient (Wildman–Crippen LogP) is 2.34. The van der Waals surface area contributed by atoms with Crippen molar-refractivity contribution in [3.05, 3.63) is 53.1 Å². The number of carbonyl (C=O) groups is 3. The highest BCUT2D eigenvalue weighted by Crippen LogP contribution is 2.33. The monoisotopic (exact) mass is 493 g/mol. The molecule has 3 amide bonds. The first kappa shape index (κ1) is 24.0. The van der Waals surface area contributed by atoms with Gasteiger partial charge in [0.25, 0.3) is 5.91 Å². The zero-order valence-corrected chi connectivity index (χ0v) is 20.4. The molecule has 5 rings (SSSR count). The molecule has 9 nitrogen and oxygen atoms in total. The number of benzene rings is 2. The molecule has 4 bridgehead atoms.